The molecule has 1 aliphatic heterocycles. The largest absolute Gasteiger partial charge is 0.465 e. The number of methoxy groups -OCH3 is 1. The monoisotopic (exact) mass is 249 g/mol. The van der Waals surface area contributed by atoms with E-state index in [1.165, 1.54) is 7.11 Å². The van der Waals surface area contributed by atoms with Crippen LogP contribution in [0.15, 0.2) is 24.3 Å². The zero-order valence-electron chi connectivity index (χ0n) is 10.4. The van der Waals surface area contributed by atoms with Crippen molar-refractivity contribution in [1.82, 2.24) is 4.90 Å². The van der Waals surface area contributed by atoms with Crippen LogP contribution in [-0.4, -0.2) is 36.7 Å². The zero-order valence-corrected chi connectivity index (χ0v) is 10.4. The average Bonchev–Trinajstić information content (AvgIpc) is 2.70. The molecule has 0 bridgehead atoms. The van der Waals surface area contributed by atoms with Gasteiger partial charge in [0.15, 0.2) is 0 Å². The Kier molecular flexibility index (Phi) is 3.50. The molecule has 1 aromatic carbocycles. The first-order valence-corrected chi connectivity index (χ1v) is 5.72. The van der Waals surface area contributed by atoms with Gasteiger partial charge in [0.2, 0.25) is 0 Å². The number of hydrogen-bond acceptors (Lipinski definition) is 4. The summed E-state index contributed by atoms with van der Waals surface area (Å²) in [5.41, 5.74) is 1.45. The third kappa shape index (κ3) is 2.45. The molecule has 0 spiro atoms. The highest BCUT2D eigenvalue weighted by atomic mass is 16.6. The van der Waals surface area contributed by atoms with Gasteiger partial charge in [-0.3, -0.25) is 4.90 Å². The van der Waals surface area contributed by atoms with E-state index in [0.717, 1.165) is 5.56 Å². The van der Waals surface area contributed by atoms with Crippen molar-refractivity contribution in [1.29, 1.82) is 0 Å². The van der Waals surface area contributed by atoms with Gasteiger partial charge in [0.1, 0.15) is 6.61 Å². The van der Waals surface area contributed by atoms with Crippen LogP contribution in [-0.2, 0) is 16.0 Å². The number of rotatable bonds is 3. The van der Waals surface area contributed by atoms with E-state index in [4.69, 9.17) is 4.74 Å². The van der Waals surface area contributed by atoms with Gasteiger partial charge < -0.3 is 9.47 Å². The first-order chi connectivity index (χ1) is 8.61. The summed E-state index contributed by atoms with van der Waals surface area (Å²) >= 11 is 0. The Morgan fingerprint density at radius 1 is 1.44 bits per heavy atom. The zero-order chi connectivity index (χ0) is 13.1. The third-order valence-corrected chi connectivity index (χ3v) is 2.94. The van der Waals surface area contributed by atoms with Gasteiger partial charge in [-0.15, -0.1) is 0 Å². The Hall–Kier alpha value is -2.04. The Labute approximate surface area is 105 Å². The maximum atomic E-state index is 11.4. The second-order valence-corrected chi connectivity index (χ2v) is 4.24. The van der Waals surface area contributed by atoms with Crippen LogP contribution in [0.4, 0.5) is 4.79 Å². The Balaban J connectivity index is 2.06. The summed E-state index contributed by atoms with van der Waals surface area (Å²) in [6.45, 7) is 2.86. The van der Waals surface area contributed by atoms with Crippen molar-refractivity contribution in [3.8, 4) is 0 Å². The SMILES string of the molecule is COC(=O)c1ccc(CN2C(=O)OC[C@@H]2C)cc1. The van der Waals surface area contributed by atoms with Crippen molar-refractivity contribution in [2.75, 3.05) is 13.7 Å². The molecule has 96 valence electrons. The van der Waals surface area contributed by atoms with Gasteiger partial charge in [0.05, 0.1) is 18.7 Å². The fourth-order valence-electron chi connectivity index (χ4n) is 1.83. The van der Waals surface area contributed by atoms with Crippen molar-refractivity contribution in [3.05, 3.63) is 35.4 Å². The van der Waals surface area contributed by atoms with Crippen LogP contribution >= 0.6 is 0 Å². The first-order valence-electron chi connectivity index (χ1n) is 5.72. The molecule has 0 saturated carbocycles. The molecule has 1 saturated heterocycles. The van der Waals surface area contributed by atoms with E-state index in [2.05, 4.69) is 4.74 Å². The number of amides is 1. The number of benzene rings is 1. The van der Waals surface area contributed by atoms with Crippen LogP contribution in [0.2, 0.25) is 0 Å². The highest BCUT2D eigenvalue weighted by Crippen LogP contribution is 2.16. The smallest absolute Gasteiger partial charge is 0.410 e. The number of carbonyl (C=O) groups excluding carboxylic acids is 2. The van der Waals surface area contributed by atoms with Crippen molar-refractivity contribution in [2.45, 2.75) is 19.5 Å². The second kappa shape index (κ2) is 5.08. The quantitative estimate of drug-likeness (QED) is 0.767. The molecule has 0 N–H and O–H groups in total. The lowest BCUT2D eigenvalue weighted by Crippen LogP contribution is -2.30. The van der Waals surface area contributed by atoms with E-state index in [-0.39, 0.29) is 18.1 Å². The van der Waals surface area contributed by atoms with Crippen LogP contribution in [0.5, 0.6) is 0 Å². The van der Waals surface area contributed by atoms with E-state index >= 15 is 0 Å². The van der Waals surface area contributed by atoms with Crippen LogP contribution in [0.25, 0.3) is 0 Å². The number of esters is 1. The molecule has 0 unspecified atom stereocenters. The van der Waals surface area contributed by atoms with E-state index < -0.39 is 0 Å². The normalized spacial score (nSPS) is 18.7. The minimum atomic E-state index is -0.365. The molecular weight excluding hydrogens is 234 g/mol. The van der Waals surface area contributed by atoms with Crippen LogP contribution in [0, 0.1) is 0 Å². The standard InChI is InChI=1S/C13H15NO4/c1-9-8-18-13(16)14(9)7-10-3-5-11(6-4-10)12(15)17-2/h3-6,9H,7-8H2,1-2H3/t9-/m0/s1. The molecule has 1 heterocycles. The maximum Gasteiger partial charge on any atom is 0.410 e. The summed E-state index contributed by atoms with van der Waals surface area (Å²) in [6.07, 6.45) is -0.292. The molecule has 18 heavy (non-hydrogen) atoms. The Morgan fingerprint density at radius 2 is 2.11 bits per heavy atom. The fraction of sp³-hybridized carbons (Fsp3) is 0.385. The van der Waals surface area contributed by atoms with Crippen molar-refractivity contribution in [3.63, 3.8) is 0 Å². The van der Waals surface area contributed by atoms with Gasteiger partial charge in [-0.25, -0.2) is 9.59 Å². The molecule has 0 radical (unpaired) electrons. The lowest BCUT2D eigenvalue weighted by molar-refractivity contribution is 0.0600. The molecule has 1 atom stereocenters. The highest BCUT2D eigenvalue weighted by molar-refractivity contribution is 5.89. The van der Waals surface area contributed by atoms with Crippen molar-refractivity contribution >= 4 is 12.1 Å². The minimum absolute atomic E-state index is 0.0813. The number of hydrogen-bond donors (Lipinski definition) is 0. The summed E-state index contributed by atoms with van der Waals surface area (Å²) in [6, 6.07) is 7.08. The summed E-state index contributed by atoms with van der Waals surface area (Å²) in [5.74, 6) is -0.365. The number of ether oxygens (including phenoxy) is 2. The van der Waals surface area contributed by atoms with Gasteiger partial charge in [-0.2, -0.15) is 0 Å². The van der Waals surface area contributed by atoms with Gasteiger partial charge in [-0.05, 0) is 24.6 Å². The first kappa shape index (κ1) is 12.4. The molecular formula is C13H15NO4. The third-order valence-electron chi connectivity index (χ3n) is 2.94. The van der Waals surface area contributed by atoms with Crippen molar-refractivity contribution in [2.24, 2.45) is 0 Å². The van der Waals surface area contributed by atoms with E-state index in [1.807, 2.05) is 19.1 Å². The number of nitrogens with zero attached hydrogens (tertiary/aromatic N) is 1. The van der Waals surface area contributed by atoms with E-state index in [9.17, 15) is 9.59 Å². The summed E-state index contributed by atoms with van der Waals surface area (Å²) in [7, 11) is 1.35. The molecule has 2 rings (SSSR count). The maximum absolute atomic E-state index is 11.4. The summed E-state index contributed by atoms with van der Waals surface area (Å²) in [4.78, 5) is 24.4. The summed E-state index contributed by atoms with van der Waals surface area (Å²) < 4.78 is 9.56. The van der Waals surface area contributed by atoms with Gasteiger partial charge in [0, 0.05) is 6.54 Å². The molecule has 1 amide bonds. The fourth-order valence-corrected chi connectivity index (χ4v) is 1.83. The molecule has 5 nitrogen and oxygen atoms in total. The molecule has 0 aromatic heterocycles. The number of carbonyl (C=O) groups is 2. The van der Waals surface area contributed by atoms with E-state index in [0.29, 0.717) is 18.7 Å². The van der Waals surface area contributed by atoms with Gasteiger partial charge in [0.25, 0.3) is 0 Å². The predicted octanol–water partition coefficient (Wildman–Crippen LogP) is 1.81. The van der Waals surface area contributed by atoms with Crippen LogP contribution in [0.3, 0.4) is 0 Å². The average molecular weight is 249 g/mol. The lowest BCUT2D eigenvalue weighted by atomic mass is 10.1. The number of cyclic esters (lactones) is 1. The molecule has 5 heteroatoms. The van der Waals surface area contributed by atoms with Crippen LogP contribution in [0.1, 0.15) is 22.8 Å². The second-order valence-electron chi connectivity index (χ2n) is 4.24. The minimum Gasteiger partial charge on any atom is -0.465 e. The highest BCUT2D eigenvalue weighted by Gasteiger charge is 2.29. The molecule has 1 aliphatic rings. The van der Waals surface area contributed by atoms with E-state index in [1.54, 1.807) is 17.0 Å². The van der Waals surface area contributed by atoms with Crippen LogP contribution < -0.4 is 0 Å². The topological polar surface area (TPSA) is 55.8 Å². The van der Waals surface area contributed by atoms with Gasteiger partial charge >= 0.3 is 12.1 Å². The molecule has 1 fully saturated rings. The Morgan fingerprint density at radius 3 is 2.61 bits per heavy atom. The summed E-state index contributed by atoms with van der Waals surface area (Å²) in [5, 5.41) is 0. The lowest BCUT2D eigenvalue weighted by Gasteiger charge is -2.17. The van der Waals surface area contributed by atoms with Gasteiger partial charge in [-0.1, -0.05) is 12.1 Å². The molecule has 0 aliphatic carbocycles. The predicted molar refractivity (Wildman–Crippen MR) is 64.1 cm³/mol. The van der Waals surface area contributed by atoms with Crippen molar-refractivity contribution < 1.29 is 19.1 Å². The Bertz CT molecular complexity index is 455. The molecule has 1 aromatic rings.